The number of halogens is 2. The quantitative estimate of drug-likeness (QED) is 0.858. The van der Waals surface area contributed by atoms with Crippen LogP contribution >= 0.6 is 0 Å². The Labute approximate surface area is 138 Å². The molecule has 0 bridgehead atoms. The molecule has 24 heavy (non-hydrogen) atoms. The van der Waals surface area contributed by atoms with Crippen LogP contribution in [-0.2, 0) is 0 Å². The summed E-state index contributed by atoms with van der Waals surface area (Å²) in [4.78, 5) is 11.1. The molecule has 2 N–H and O–H groups in total. The van der Waals surface area contributed by atoms with Crippen molar-refractivity contribution < 1.29 is 23.4 Å². The predicted molar refractivity (Wildman–Crippen MR) is 85.0 cm³/mol. The highest BCUT2D eigenvalue weighted by molar-refractivity contribution is 5.69. The molecule has 0 saturated carbocycles. The fourth-order valence-electron chi connectivity index (χ4n) is 2.95. The van der Waals surface area contributed by atoms with Crippen LogP contribution in [0.4, 0.5) is 13.6 Å². The Bertz CT molecular complexity index is 805. The van der Waals surface area contributed by atoms with Gasteiger partial charge in [0.1, 0.15) is 17.4 Å². The molecule has 0 aromatic heterocycles. The van der Waals surface area contributed by atoms with E-state index in [1.165, 1.54) is 12.1 Å². The molecule has 0 saturated heterocycles. The van der Waals surface area contributed by atoms with Crippen molar-refractivity contribution in [3.05, 3.63) is 53.6 Å². The van der Waals surface area contributed by atoms with E-state index in [0.29, 0.717) is 23.5 Å². The van der Waals surface area contributed by atoms with Gasteiger partial charge in [0, 0.05) is 22.6 Å². The van der Waals surface area contributed by atoms with Gasteiger partial charge in [-0.25, -0.2) is 13.6 Å². The fraction of sp³-hybridized carbons (Fsp3) is 0.278. The van der Waals surface area contributed by atoms with E-state index < -0.39 is 29.2 Å². The second kappa shape index (κ2) is 5.78. The SMILES string of the molecule is CC1(C)COc2cc(-c3ccc(F)cc3F)ccc2C1NC(=O)O. The molecule has 4 nitrogen and oxygen atoms in total. The number of nitrogens with one attached hydrogen (secondary N) is 1. The fourth-order valence-corrected chi connectivity index (χ4v) is 2.95. The van der Waals surface area contributed by atoms with Crippen molar-refractivity contribution in [2.24, 2.45) is 5.41 Å². The van der Waals surface area contributed by atoms with E-state index in [0.717, 1.165) is 6.07 Å². The third-order valence-corrected chi connectivity index (χ3v) is 4.22. The Morgan fingerprint density at radius 2 is 2.00 bits per heavy atom. The van der Waals surface area contributed by atoms with E-state index in [1.54, 1.807) is 18.2 Å². The van der Waals surface area contributed by atoms with Crippen molar-refractivity contribution in [3.8, 4) is 16.9 Å². The summed E-state index contributed by atoms with van der Waals surface area (Å²) in [5.74, 6) is -0.807. The van der Waals surface area contributed by atoms with Crippen molar-refractivity contribution in [3.63, 3.8) is 0 Å². The molecule has 2 aromatic carbocycles. The summed E-state index contributed by atoms with van der Waals surface area (Å²) in [5.41, 5.74) is 1.07. The molecule has 1 aliphatic heterocycles. The van der Waals surface area contributed by atoms with Crippen LogP contribution in [0.1, 0.15) is 25.5 Å². The summed E-state index contributed by atoms with van der Waals surface area (Å²) in [6.07, 6.45) is -1.12. The molecule has 1 atom stereocenters. The van der Waals surface area contributed by atoms with Gasteiger partial charge in [-0.15, -0.1) is 0 Å². The van der Waals surface area contributed by atoms with Crippen molar-refractivity contribution in [2.75, 3.05) is 6.61 Å². The Morgan fingerprint density at radius 3 is 2.67 bits per heavy atom. The Kier molecular flexibility index (Phi) is 3.91. The molecule has 1 aliphatic rings. The largest absolute Gasteiger partial charge is 0.493 e. The molecule has 0 aliphatic carbocycles. The van der Waals surface area contributed by atoms with E-state index in [9.17, 15) is 13.6 Å². The van der Waals surface area contributed by atoms with Gasteiger partial charge in [0.15, 0.2) is 0 Å². The van der Waals surface area contributed by atoms with E-state index in [4.69, 9.17) is 9.84 Å². The number of carboxylic acid groups (broad SMARTS) is 1. The lowest BCUT2D eigenvalue weighted by atomic mass is 9.78. The third kappa shape index (κ3) is 2.91. The van der Waals surface area contributed by atoms with E-state index in [2.05, 4.69) is 5.32 Å². The molecule has 0 fully saturated rings. The monoisotopic (exact) mass is 333 g/mol. The maximum Gasteiger partial charge on any atom is 0.405 e. The van der Waals surface area contributed by atoms with Gasteiger partial charge in [0.25, 0.3) is 0 Å². The highest BCUT2D eigenvalue weighted by Crippen LogP contribution is 2.44. The highest BCUT2D eigenvalue weighted by atomic mass is 19.1. The first-order valence-electron chi connectivity index (χ1n) is 7.49. The topological polar surface area (TPSA) is 58.6 Å². The molecule has 2 aromatic rings. The predicted octanol–water partition coefficient (Wildman–Crippen LogP) is 4.36. The number of ether oxygens (including phenoxy) is 1. The van der Waals surface area contributed by atoms with Crippen LogP contribution in [-0.4, -0.2) is 17.8 Å². The number of carbonyl (C=O) groups is 1. The minimum atomic E-state index is -1.12. The zero-order valence-electron chi connectivity index (χ0n) is 13.3. The molecule has 1 amide bonds. The first-order chi connectivity index (χ1) is 11.3. The molecule has 1 heterocycles. The average molecular weight is 333 g/mol. The summed E-state index contributed by atoms with van der Waals surface area (Å²) in [6, 6.07) is 7.99. The summed E-state index contributed by atoms with van der Waals surface area (Å²) in [5, 5.41) is 11.6. The molecule has 6 heteroatoms. The zero-order chi connectivity index (χ0) is 17.5. The summed E-state index contributed by atoms with van der Waals surface area (Å²) < 4.78 is 32.8. The van der Waals surface area contributed by atoms with Crippen LogP contribution in [0.15, 0.2) is 36.4 Å². The molecular formula is C18H17F2NO3. The lowest BCUT2D eigenvalue weighted by Gasteiger charge is -2.39. The van der Waals surface area contributed by atoms with E-state index in [-0.39, 0.29) is 5.56 Å². The van der Waals surface area contributed by atoms with Crippen molar-refractivity contribution in [2.45, 2.75) is 19.9 Å². The Balaban J connectivity index is 2.04. The zero-order valence-corrected chi connectivity index (χ0v) is 13.3. The van der Waals surface area contributed by atoms with Crippen molar-refractivity contribution in [1.29, 1.82) is 0 Å². The summed E-state index contributed by atoms with van der Waals surface area (Å²) in [6.45, 7) is 4.13. The lowest BCUT2D eigenvalue weighted by molar-refractivity contribution is 0.0996. The number of hydrogen-bond acceptors (Lipinski definition) is 2. The van der Waals surface area contributed by atoms with Gasteiger partial charge >= 0.3 is 6.09 Å². The van der Waals surface area contributed by atoms with Crippen LogP contribution < -0.4 is 10.1 Å². The lowest BCUT2D eigenvalue weighted by Crippen LogP contribution is -2.43. The van der Waals surface area contributed by atoms with Gasteiger partial charge in [0.2, 0.25) is 0 Å². The number of benzene rings is 2. The third-order valence-electron chi connectivity index (χ3n) is 4.22. The van der Waals surface area contributed by atoms with Gasteiger partial charge in [-0.1, -0.05) is 26.0 Å². The number of fused-ring (bicyclic) bond motifs is 1. The maximum atomic E-state index is 14.0. The molecule has 126 valence electrons. The van der Waals surface area contributed by atoms with Crippen LogP contribution in [0.25, 0.3) is 11.1 Å². The van der Waals surface area contributed by atoms with Gasteiger partial charge < -0.3 is 15.2 Å². The van der Waals surface area contributed by atoms with E-state index >= 15 is 0 Å². The molecular weight excluding hydrogens is 316 g/mol. The average Bonchev–Trinajstić information content (AvgIpc) is 2.50. The minimum Gasteiger partial charge on any atom is -0.493 e. The smallest absolute Gasteiger partial charge is 0.405 e. The van der Waals surface area contributed by atoms with Crippen molar-refractivity contribution >= 4 is 6.09 Å². The Hall–Kier alpha value is -2.63. The first kappa shape index (κ1) is 16.2. The number of hydrogen-bond donors (Lipinski definition) is 2. The van der Waals surface area contributed by atoms with Gasteiger partial charge in [-0.3, -0.25) is 0 Å². The molecule has 0 spiro atoms. The molecule has 1 unspecified atom stereocenters. The van der Waals surface area contributed by atoms with Crippen LogP contribution in [0.2, 0.25) is 0 Å². The van der Waals surface area contributed by atoms with Gasteiger partial charge in [0.05, 0.1) is 12.6 Å². The highest BCUT2D eigenvalue weighted by Gasteiger charge is 2.38. The number of rotatable bonds is 2. The van der Waals surface area contributed by atoms with Crippen LogP contribution in [0, 0.1) is 17.0 Å². The normalized spacial score (nSPS) is 18.4. The summed E-state index contributed by atoms with van der Waals surface area (Å²) in [7, 11) is 0. The molecule has 3 rings (SSSR count). The van der Waals surface area contributed by atoms with Gasteiger partial charge in [-0.2, -0.15) is 0 Å². The van der Waals surface area contributed by atoms with Crippen molar-refractivity contribution in [1.82, 2.24) is 5.32 Å². The standard InChI is InChI=1S/C18H17F2NO3/c1-18(2)9-24-15-7-10(12-6-4-11(19)8-14(12)20)3-5-13(15)16(18)21-17(22)23/h3-8,16,21H,9H2,1-2H3,(H,22,23). The second-order valence-corrected chi connectivity index (χ2v) is 6.54. The second-order valence-electron chi connectivity index (χ2n) is 6.54. The minimum absolute atomic E-state index is 0.260. The van der Waals surface area contributed by atoms with Crippen LogP contribution in [0.5, 0.6) is 5.75 Å². The van der Waals surface area contributed by atoms with Crippen LogP contribution in [0.3, 0.4) is 0 Å². The van der Waals surface area contributed by atoms with Gasteiger partial charge in [-0.05, 0) is 23.8 Å². The van der Waals surface area contributed by atoms with E-state index in [1.807, 2.05) is 13.8 Å². The first-order valence-corrected chi connectivity index (χ1v) is 7.49. The molecule has 0 radical (unpaired) electrons. The number of amides is 1. The summed E-state index contributed by atoms with van der Waals surface area (Å²) >= 11 is 0. The maximum absolute atomic E-state index is 14.0. The Morgan fingerprint density at radius 1 is 1.25 bits per heavy atom.